The van der Waals surface area contributed by atoms with E-state index in [2.05, 4.69) is 20.5 Å². The molecule has 15 nitrogen and oxygen atoms in total. The summed E-state index contributed by atoms with van der Waals surface area (Å²) in [7, 11) is 5.21. The lowest BCUT2D eigenvalue weighted by Crippen LogP contribution is -2.60. The van der Waals surface area contributed by atoms with Crippen molar-refractivity contribution < 1.29 is 48.7 Å². The summed E-state index contributed by atoms with van der Waals surface area (Å²) in [5, 5.41) is 46.7. The molecular formula is C39H63N5O10. The lowest BCUT2D eigenvalue weighted by Gasteiger charge is -2.47. The minimum Gasteiger partial charge on any atom is -0.459 e. The number of ether oxygens (including phenoxy) is 4. The van der Waals surface area contributed by atoms with Crippen molar-refractivity contribution in [2.45, 2.75) is 142 Å². The topological polar surface area (TPSA) is 202 Å². The quantitative estimate of drug-likeness (QED) is 0.124. The van der Waals surface area contributed by atoms with Gasteiger partial charge in [-0.2, -0.15) is 10.2 Å². The minimum absolute atomic E-state index is 0.0934. The van der Waals surface area contributed by atoms with Crippen LogP contribution in [0.15, 0.2) is 34.6 Å². The number of likely N-dealkylation sites (N-methyl/N-ethyl adjacent to an activating group) is 1. The molecule has 0 radical (unpaired) electrons. The van der Waals surface area contributed by atoms with E-state index < -0.39 is 77.3 Å². The van der Waals surface area contributed by atoms with E-state index in [4.69, 9.17) is 18.9 Å². The number of aromatic nitrogens is 1. The van der Waals surface area contributed by atoms with Crippen LogP contribution in [0.5, 0.6) is 0 Å². The van der Waals surface area contributed by atoms with Crippen molar-refractivity contribution in [2.24, 2.45) is 33.9 Å². The Morgan fingerprint density at radius 2 is 1.78 bits per heavy atom. The zero-order valence-electron chi connectivity index (χ0n) is 34.0. The smallest absolute Gasteiger partial charge is 0.316 e. The van der Waals surface area contributed by atoms with E-state index >= 15 is 0 Å². The number of Topliss-reactive ketones (excluding diaryl/α,β-unsaturated/α-hetero) is 1. The molecule has 1 amide bonds. The number of nitrogens with one attached hydrogen (secondary N) is 1. The van der Waals surface area contributed by atoms with Crippen molar-refractivity contribution in [3.05, 3.63) is 24.4 Å². The number of amides is 1. The van der Waals surface area contributed by atoms with Crippen LogP contribution >= 0.6 is 0 Å². The van der Waals surface area contributed by atoms with E-state index in [0.717, 1.165) is 0 Å². The summed E-state index contributed by atoms with van der Waals surface area (Å²) >= 11 is 0. The molecular weight excluding hydrogens is 698 g/mol. The fourth-order valence-corrected chi connectivity index (χ4v) is 7.67. The molecule has 0 aromatic carbocycles. The van der Waals surface area contributed by atoms with Crippen molar-refractivity contribution in [2.75, 3.05) is 26.5 Å². The number of carbonyl (C=O) groups excluding carboxylic acids is 3. The van der Waals surface area contributed by atoms with Gasteiger partial charge in [-0.05, 0) is 86.0 Å². The number of cyclic esters (lactones) is 1. The minimum atomic E-state index is -1.96. The highest BCUT2D eigenvalue weighted by molar-refractivity contribution is 6.05. The molecule has 2 aliphatic rings. The number of ketones is 1. The fraction of sp³-hybridized carbons (Fsp3) is 0.744. The Kier molecular flexibility index (Phi) is 16.0. The monoisotopic (exact) mass is 761 g/mol. The standard InChI is InChI=1S/C39H63N5O10/c1-13-28-39(9,50)34(48)24(5)31(43-42-22(3)18-30(45)41-29-16-14-15-17-40-29)21(2)20-38(8,51-12)35(25(6)32(46)26(7)36(49)53-28)54-37-33(47)27(44(10)11)19-23(4)52-37/h14-17,21,23-28,33-35,37,47-48,50H,13,18-20H2,1-12H3,(H,40,41,45). The Balaban J connectivity index is 2.14. The highest BCUT2D eigenvalue weighted by Crippen LogP contribution is 2.38. The number of carbonyl (C=O) groups is 3. The molecule has 15 heteroatoms. The average Bonchev–Trinajstić information content (AvgIpc) is 3.12. The molecule has 13 atom stereocenters. The normalized spacial score (nSPS) is 38.6. The Hall–Kier alpha value is -3.18. The van der Waals surface area contributed by atoms with Crippen LogP contribution < -0.4 is 5.32 Å². The molecule has 1 aromatic heterocycles. The lowest BCUT2D eigenvalue weighted by molar-refractivity contribution is -0.295. The third kappa shape index (κ3) is 10.8. The second kappa shape index (κ2) is 19.1. The van der Waals surface area contributed by atoms with Gasteiger partial charge in [-0.1, -0.05) is 33.8 Å². The number of hydrogen-bond acceptors (Lipinski definition) is 14. The second-order valence-corrected chi connectivity index (χ2v) is 15.8. The first-order valence-corrected chi connectivity index (χ1v) is 18.8. The third-order valence-electron chi connectivity index (χ3n) is 11.0. The van der Waals surface area contributed by atoms with Gasteiger partial charge in [0.15, 0.2) is 12.1 Å². The number of aliphatic hydroxyl groups excluding tert-OH is 2. The van der Waals surface area contributed by atoms with Crippen LogP contribution in [0.1, 0.15) is 88.0 Å². The predicted molar refractivity (Wildman–Crippen MR) is 204 cm³/mol. The molecule has 54 heavy (non-hydrogen) atoms. The average molecular weight is 762 g/mol. The first-order chi connectivity index (χ1) is 25.2. The summed E-state index contributed by atoms with van der Waals surface area (Å²) in [6.45, 7) is 15.0. The number of rotatable bonds is 9. The van der Waals surface area contributed by atoms with Crippen LogP contribution in [-0.2, 0) is 33.3 Å². The maximum atomic E-state index is 14.2. The molecule has 3 heterocycles. The number of anilines is 1. The Labute approximate surface area is 319 Å². The summed E-state index contributed by atoms with van der Waals surface area (Å²) in [5.41, 5.74) is -2.52. The second-order valence-electron chi connectivity index (χ2n) is 15.8. The van der Waals surface area contributed by atoms with E-state index in [9.17, 15) is 29.7 Å². The molecule has 0 spiro atoms. The molecule has 304 valence electrons. The molecule has 3 rings (SSSR count). The van der Waals surface area contributed by atoms with Gasteiger partial charge in [0, 0.05) is 42.6 Å². The van der Waals surface area contributed by atoms with Gasteiger partial charge in [0.1, 0.15) is 29.5 Å². The fourth-order valence-electron chi connectivity index (χ4n) is 7.67. The highest BCUT2D eigenvalue weighted by Gasteiger charge is 2.51. The van der Waals surface area contributed by atoms with Gasteiger partial charge in [0.2, 0.25) is 5.91 Å². The van der Waals surface area contributed by atoms with Crippen molar-refractivity contribution in [3.8, 4) is 0 Å². The molecule has 0 bridgehead atoms. The van der Waals surface area contributed by atoms with E-state index in [1.807, 2.05) is 32.8 Å². The molecule has 0 aliphatic carbocycles. The van der Waals surface area contributed by atoms with Crippen molar-refractivity contribution >= 4 is 34.9 Å². The van der Waals surface area contributed by atoms with Gasteiger partial charge in [-0.15, -0.1) is 0 Å². The predicted octanol–water partition coefficient (Wildman–Crippen LogP) is 3.39. The molecule has 2 aliphatic heterocycles. The molecule has 2 saturated heterocycles. The first-order valence-electron chi connectivity index (χ1n) is 18.8. The van der Waals surface area contributed by atoms with Crippen molar-refractivity contribution in [1.82, 2.24) is 9.88 Å². The summed E-state index contributed by atoms with van der Waals surface area (Å²) in [4.78, 5) is 46.5. The van der Waals surface area contributed by atoms with Gasteiger partial charge < -0.3 is 44.5 Å². The van der Waals surface area contributed by atoms with Gasteiger partial charge in [0.25, 0.3) is 0 Å². The number of esters is 1. The van der Waals surface area contributed by atoms with Gasteiger partial charge in [-0.3, -0.25) is 14.4 Å². The Morgan fingerprint density at radius 1 is 1.11 bits per heavy atom. The molecule has 0 saturated carbocycles. The van der Waals surface area contributed by atoms with E-state index in [1.54, 1.807) is 59.0 Å². The van der Waals surface area contributed by atoms with Crippen LogP contribution in [0, 0.1) is 23.7 Å². The highest BCUT2D eigenvalue weighted by atomic mass is 16.7. The zero-order valence-corrected chi connectivity index (χ0v) is 34.0. The summed E-state index contributed by atoms with van der Waals surface area (Å²) < 4.78 is 24.7. The van der Waals surface area contributed by atoms with Crippen molar-refractivity contribution in [1.29, 1.82) is 0 Å². The molecule has 1 aromatic rings. The largest absolute Gasteiger partial charge is 0.459 e. The van der Waals surface area contributed by atoms with Crippen LogP contribution in [0.2, 0.25) is 0 Å². The van der Waals surface area contributed by atoms with E-state index in [0.29, 0.717) is 23.7 Å². The van der Waals surface area contributed by atoms with Crippen LogP contribution in [0.4, 0.5) is 5.82 Å². The van der Waals surface area contributed by atoms with Gasteiger partial charge >= 0.3 is 5.97 Å². The summed E-state index contributed by atoms with van der Waals surface area (Å²) in [6, 6.07) is 4.86. The number of methoxy groups -OCH3 is 1. The summed E-state index contributed by atoms with van der Waals surface area (Å²) in [5.74, 6) is -4.94. The molecule has 13 unspecified atom stereocenters. The Bertz CT molecular complexity index is 1490. The number of pyridine rings is 1. The van der Waals surface area contributed by atoms with Crippen LogP contribution in [0.25, 0.3) is 0 Å². The number of nitrogens with zero attached hydrogens (tertiary/aromatic N) is 4. The third-order valence-corrected chi connectivity index (χ3v) is 11.0. The van der Waals surface area contributed by atoms with Crippen molar-refractivity contribution in [3.63, 3.8) is 0 Å². The van der Waals surface area contributed by atoms with E-state index in [1.165, 1.54) is 21.0 Å². The lowest BCUT2D eigenvalue weighted by atomic mass is 9.74. The van der Waals surface area contributed by atoms with Gasteiger partial charge in [0.05, 0.1) is 30.3 Å². The van der Waals surface area contributed by atoms with Crippen LogP contribution in [0.3, 0.4) is 0 Å². The maximum absolute atomic E-state index is 14.2. The zero-order chi connectivity index (χ0) is 40.7. The van der Waals surface area contributed by atoms with Crippen LogP contribution in [-0.4, -0.2) is 130 Å². The molecule has 2 fully saturated rings. The molecule has 4 N–H and O–H groups in total. The number of hydrogen-bond donors (Lipinski definition) is 4. The Morgan fingerprint density at radius 3 is 2.35 bits per heavy atom. The summed E-state index contributed by atoms with van der Waals surface area (Å²) in [6.07, 6.45) is -3.91. The maximum Gasteiger partial charge on any atom is 0.316 e. The van der Waals surface area contributed by atoms with Gasteiger partial charge in [-0.25, -0.2) is 4.98 Å². The number of aliphatic hydroxyl groups is 3. The van der Waals surface area contributed by atoms with E-state index in [-0.39, 0.29) is 37.3 Å². The SMILES string of the molecule is CCC1OC(=O)C(C)C(=O)C(C)C(OC2OC(C)CC(N(C)C)C2O)C(C)(OC)CC(C)C(=NN=C(C)CC(=O)Nc2ccccn2)C(C)C(O)C1(C)O. The first kappa shape index (κ1) is 45.2.